The largest absolute Gasteiger partial charge is 0.481 e. The summed E-state index contributed by atoms with van der Waals surface area (Å²) < 4.78 is 0. The number of guanidine groups is 1. The minimum atomic E-state index is -1.43. The number of imidazole rings is 1. The molecule has 5 rings (SSSR count). The first-order valence-corrected chi connectivity index (χ1v) is 28.8. The number of nitrogens with one attached hydrogen (secondary N) is 10. The molecule has 0 saturated carbocycles. The Labute approximate surface area is 502 Å². The molecule has 4 aromatic rings. The van der Waals surface area contributed by atoms with Gasteiger partial charge in [0, 0.05) is 67.8 Å². The smallest absolute Gasteiger partial charge is 0.303 e. The van der Waals surface area contributed by atoms with E-state index in [-0.39, 0.29) is 77.0 Å². The van der Waals surface area contributed by atoms with Crippen LogP contribution < -0.4 is 71.2 Å². The summed E-state index contributed by atoms with van der Waals surface area (Å²) in [5, 5.41) is 31.0. The van der Waals surface area contributed by atoms with Gasteiger partial charge < -0.3 is 91.2 Å². The second-order valence-corrected chi connectivity index (χ2v) is 21.5. The number of nitrogens with zero attached hydrogens (tertiary/aromatic N) is 3. The molecule has 0 radical (unpaired) electrons. The highest BCUT2D eigenvalue weighted by molar-refractivity contribution is 5.99. The second-order valence-electron chi connectivity index (χ2n) is 21.5. The predicted octanol–water partition coefficient (Wildman–Crippen LogP) is -3.43. The van der Waals surface area contributed by atoms with Crippen molar-refractivity contribution in [3.8, 4) is 0 Å². The summed E-state index contributed by atoms with van der Waals surface area (Å²) in [7, 11) is 0. The van der Waals surface area contributed by atoms with Gasteiger partial charge >= 0.3 is 5.97 Å². The summed E-state index contributed by atoms with van der Waals surface area (Å²) in [6, 6.07) is 5.62. The Morgan fingerprint density at radius 1 is 0.690 bits per heavy atom. The summed E-state index contributed by atoms with van der Waals surface area (Å²) >= 11 is 0. The minimum absolute atomic E-state index is 0.0163. The number of nitrogens with two attached hydrogens (primary N) is 5. The summed E-state index contributed by atoms with van der Waals surface area (Å²) in [5.74, 6) is -9.45. The number of aliphatic carboxylic acids is 1. The van der Waals surface area contributed by atoms with E-state index < -0.39 is 139 Å². The first-order chi connectivity index (χ1) is 41.5. The SMILES string of the molecule is CC(C)[C@H](NC(=O)[C@@H]1CCCN1C(=O)[C@H](CCCCN)NC(=O)CNC(=O)[C@H](Cc1c[nH]c2ccccc12)NC(=O)[C@H](CCCN=C(N)N)NC(=O)[C@H](Cc1ccccc1)NC(=O)[C@H](Cc1cnc[nH]1)NC(=O)[C@@H](N)CCC(=O)O)C(=O)NCC(N)=O. The average molecular weight is 1210 g/mol. The second kappa shape index (κ2) is 34.5. The number of H-pyrrole nitrogens is 2. The molecule has 0 bridgehead atoms. The first-order valence-electron chi connectivity index (χ1n) is 28.8. The fraction of sp³-hybridized carbons (Fsp3) is 0.491. The number of carboxylic acids is 1. The van der Waals surface area contributed by atoms with Crippen LogP contribution >= 0.6 is 0 Å². The molecule has 1 aliphatic heterocycles. The zero-order valence-corrected chi connectivity index (χ0v) is 48.8. The molecule has 0 unspecified atom stereocenters. The molecule has 21 N–H and O–H groups in total. The number of likely N-dealkylation sites (tertiary alicyclic amines) is 1. The average Bonchev–Trinajstić information content (AvgIpc) is 3.26. The molecule has 30 nitrogen and oxygen atoms in total. The van der Waals surface area contributed by atoms with Crippen LogP contribution in [-0.4, -0.2) is 177 Å². The molecule has 1 fully saturated rings. The van der Waals surface area contributed by atoms with E-state index in [0.29, 0.717) is 41.5 Å². The van der Waals surface area contributed by atoms with Crippen LogP contribution in [0.15, 0.2) is 78.3 Å². The third-order valence-electron chi connectivity index (χ3n) is 14.4. The van der Waals surface area contributed by atoms with E-state index in [1.165, 1.54) is 17.4 Å². The molecule has 8 atom stereocenters. The molecule has 30 heteroatoms. The number of carbonyl (C=O) groups is 11. The molecule has 0 aliphatic carbocycles. The number of unbranched alkanes of at least 4 members (excludes halogenated alkanes) is 1. The van der Waals surface area contributed by atoms with Gasteiger partial charge in [0.1, 0.15) is 42.3 Å². The third kappa shape index (κ3) is 22.2. The number of aromatic amines is 2. The number of hydrogen-bond acceptors (Lipinski definition) is 15. The van der Waals surface area contributed by atoms with Crippen molar-refractivity contribution in [1.82, 2.24) is 62.4 Å². The van der Waals surface area contributed by atoms with Crippen LogP contribution in [0.25, 0.3) is 10.9 Å². The fourth-order valence-electron chi connectivity index (χ4n) is 9.75. The lowest BCUT2D eigenvalue weighted by molar-refractivity contribution is -0.142. The molecule has 10 amide bonds. The molecular formula is C57H82N18O12. The van der Waals surface area contributed by atoms with Crippen molar-refractivity contribution in [2.75, 3.05) is 32.7 Å². The molecule has 2 aromatic heterocycles. The van der Waals surface area contributed by atoms with Crippen molar-refractivity contribution in [2.45, 2.75) is 139 Å². The number of aromatic nitrogens is 3. The van der Waals surface area contributed by atoms with Crippen molar-refractivity contribution in [2.24, 2.45) is 39.6 Å². The molecular weight excluding hydrogens is 1130 g/mol. The van der Waals surface area contributed by atoms with Crippen LogP contribution in [-0.2, 0) is 72.0 Å². The van der Waals surface area contributed by atoms with Crippen LogP contribution in [0.4, 0.5) is 0 Å². The number of hydrogen-bond donors (Lipinski definition) is 16. The molecule has 0 spiro atoms. The van der Waals surface area contributed by atoms with Crippen molar-refractivity contribution < 1.29 is 57.8 Å². The van der Waals surface area contributed by atoms with Gasteiger partial charge in [0.25, 0.3) is 0 Å². The van der Waals surface area contributed by atoms with Crippen molar-refractivity contribution in [1.29, 1.82) is 0 Å². The number of fused-ring (bicyclic) bond motifs is 1. The molecule has 3 heterocycles. The van der Waals surface area contributed by atoms with Gasteiger partial charge in [-0.25, -0.2) is 4.98 Å². The van der Waals surface area contributed by atoms with Gasteiger partial charge in [0.15, 0.2) is 5.96 Å². The Morgan fingerprint density at radius 2 is 1.32 bits per heavy atom. The van der Waals surface area contributed by atoms with E-state index in [9.17, 15) is 57.8 Å². The summed E-state index contributed by atoms with van der Waals surface area (Å²) in [6.07, 6.45) is 5.07. The Kier molecular flexibility index (Phi) is 27.1. The monoisotopic (exact) mass is 1210 g/mol. The summed E-state index contributed by atoms with van der Waals surface area (Å²) in [6.45, 7) is 2.72. The van der Waals surface area contributed by atoms with Gasteiger partial charge in [-0.1, -0.05) is 62.4 Å². The summed E-state index contributed by atoms with van der Waals surface area (Å²) in [4.78, 5) is 164. The van der Waals surface area contributed by atoms with Crippen LogP contribution in [0.5, 0.6) is 0 Å². The molecule has 1 saturated heterocycles. The lowest BCUT2D eigenvalue weighted by Crippen LogP contribution is -2.60. The Morgan fingerprint density at radius 3 is 1.98 bits per heavy atom. The number of carboxylic acid groups (broad SMARTS) is 1. The molecule has 87 heavy (non-hydrogen) atoms. The van der Waals surface area contributed by atoms with E-state index in [4.69, 9.17) is 28.7 Å². The van der Waals surface area contributed by atoms with E-state index in [2.05, 4.69) is 62.5 Å². The van der Waals surface area contributed by atoms with Crippen LogP contribution in [0.3, 0.4) is 0 Å². The Hall–Kier alpha value is -9.45. The van der Waals surface area contributed by atoms with Crippen molar-refractivity contribution >= 4 is 81.9 Å². The minimum Gasteiger partial charge on any atom is -0.481 e. The van der Waals surface area contributed by atoms with Gasteiger partial charge in [0.2, 0.25) is 59.1 Å². The van der Waals surface area contributed by atoms with Gasteiger partial charge in [-0.3, -0.25) is 57.7 Å². The first kappa shape index (κ1) is 68.3. The maximum Gasteiger partial charge on any atom is 0.303 e. The molecule has 1 aliphatic rings. The van der Waals surface area contributed by atoms with E-state index in [1.54, 1.807) is 68.6 Å². The lowest BCUT2D eigenvalue weighted by Gasteiger charge is -2.30. The Balaban J connectivity index is 1.38. The van der Waals surface area contributed by atoms with Gasteiger partial charge in [-0.05, 0) is 81.0 Å². The van der Waals surface area contributed by atoms with Crippen molar-refractivity contribution in [3.05, 3.63) is 90.1 Å². The van der Waals surface area contributed by atoms with Gasteiger partial charge in [-0.15, -0.1) is 0 Å². The highest BCUT2D eigenvalue weighted by atomic mass is 16.4. The molecule has 472 valence electrons. The fourth-order valence-corrected chi connectivity index (χ4v) is 9.75. The maximum absolute atomic E-state index is 14.8. The number of aliphatic imine (C=N–C) groups is 1. The number of amides is 10. The highest BCUT2D eigenvalue weighted by Gasteiger charge is 2.40. The van der Waals surface area contributed by atoms with Crippen LogP contribution in [0.2, 0.25) is 0 Å². The van der Waals surface area contributed by atoms with Gasteiger partial charge in [0.05, 0.1) is 25.5 Å². The highest BCUT2D eigenvalue weighted by Crippen LogP contribution is 2.22. The third-order valence-corrected chi connectivity index (χ3v) is 14.4. The van der Waals surface area contributed by atoms with Gasteiger partial charge in [-0.2, -0.15) is 0 Å². The predicted molar refractivity (Wildman–Crippen MR) is 318 cm³/mol. The van der Waals surface area contributed by atoms with E-state index in [0.717, 1.165) is 5.52 Å². The topological polar surface area (TPSA) is 494 Å². The normalized spacial score (nSPS) is 15.3. The quantitative estimate of drug-likeness (QED) is 0.0120. The number of rotatable bonds is 36. The van der Waals surface area contributed by atoms with Crippen LogP contribution in [0, 0.1) is 5.92 Å². The van der Waals surface area contributed by atoms with E-state index >= 15 is 0 Å². The van der Waals surface area contributed by atoms with E-state index in [1.807, 2.05) is 6.07 Å². The number of para-hydroxylation sites is 1. The molecule has 2 aromatic carbocycles. The maximum atomic E-state index is 14.8. The van der Waals surface area contributed by atoms with Crippen LogP contribution in [0.1, 0.15) is 88.5 Å². The van der Waals surface area contributed by atoms with Crippen molar-refractivity contribution in [3.63, 3.8) is 0 Å². The summed E-state index contributed by atoms with van der Waals surface area (Å²) in [5.41, 5.74) is 30.5. The lowest BCUT2D eigenvalue weighted by atomic mass is 10.0. The number of primary amides is 1. The number of carbonyl (C=O) groups excluding carboxylic acids is 10. The zero-order chi connectivity index (χ0) is 63.6. The number of benzene rings is 2. The standard InChI is InChI=1S/C57H82N18O12/c1-32(2)48(55(86)66-29-45(60)76)74-54(85)44-18-11-23-75(44)56(87)40(16-8-9-21-58)69-46(77)30-67-50(81)42(25-34-27-65-38-15-7-6-14-36(34)38)73-51(82)39(17-10-22-64-57(61)62)70-52(83)41(24-33-12-4-3-5-13-33)72-53(84)43(26-35-28-63-31-68-35)71-49(80)37(59)19-20-47(78)79/h3-7,12-15,27-28,31-32,37,39-44,48,65H,8-11,16-26,29-30,58-59H2,1-2H3,(H2,60,76)(H,63,68)(H,66,86)(H,67,81)(H,69,77)(H,70,83)(H,71,80)(H,72,84)(H,73,82)(H,74,85)(H,78,79)(H4,61,62,64)/t37-,39-,40-,41-,42-,43-,44-,48-/m0/s1. The Bertz CT molecular complexity index is 3020. The zero-order valence-electron chi connectivity index (χ0n) is 48.8.